The number of piperazine rings is 1. The van der Waals surface area contributed by atoms with Crippen LogP contribution in [0, 0.1) is 0 Å². The third-order valence-electron chi connectivity index (χ3n) is 1.98. The molecule has 0 unspecified atom stereocenters. The van der Waals surface area contributed by atoms with Crippen molar-refractivity contribution >= 4 is 5.91 Å². The number of carbonyl (C=O) groups excluding carboxylic acids is 1. The highest BCUT2D eigenvalue weighted by atomic mass is 16.7. The largest absolute Gasteiger partial charge is 0.336 e. The maximum absolute atomic E-state index is 11.2. The number of amides is 1. The minimum atomic E-state index is -0.0209. The molecule has 0 spiro atoms. The fourth-order valence-corrected chi connectivity index (χ4v) is 1.27. The van der Waals surface area contributed by atoms with Gasteiger partial charge in [0, 0.05) is 26.2 Å². The van der Waals surface area contributed by atoms with Crippen LogP contribution >= 0.6 is 0 Å². The Morgan fingerprint density at radius 2 is 2.08 bits per heavy atom. The summed E-state index contributed by atoms with van der Waals surface area (Å²) < 4.78 is 0. The molecule has 1 aliphatic rings. The van der Waals surface area contributed by atoms with Gasteiger partial charge in [0.15, 0.2) is 0 Å². The molecule has 1 fully saturated rings. The van der Waals surface area contributed by atoms with Crippen molar-refractivity contribution in [3.8, 4) is 0 Å². The maximum atomic E-state index is 11.2. The summed E-state index contributed by atoms with van der Waals surface area (Å²) >= 11 is 0. The van der Waals surface area contributed by atoms with Crippen molar-refractivity contribution in [1.82, 2.24) is 9.96 Å². The first-order valence-electron chi connectivity index (χ1n) is 4.27. The van der Waals surface area contributed by atoms with Crippen molar-refractivity contribution in [3.63, 3.8) is 0 Å². The van der Waals surface area contributed by atoms with Gasteiger partial charge in [0.2, 0.25) is 5.91 Å². The van der Waals surface area contributed by atoms with E-state index in [0.29, 0.717) is 26.2 Å². The summed E-state index contributed by atoms with van der Waals surface area (Å²) in [5, 5.41) is 1.77. The highest BCUT2D eigenvalue weighted by Crippen LogP contribution is 2.02. The molecule has 0 aromatic heterocycles. The third kappa shape index (κ3) is 2.80. The van der Waals surface area contributed by atoms with Gasteiger partial charge in [-0.1, -0.05) is 6.58 Å². The van der Waals surface area contributed by atoms with Crippen molar-refractivity contribution in [1.29, 1.82) is 0 Å². The van der Waals surface area contributed by atoms with Crippen molar-refractivity contribution in [3.05, 3.63) is 12.7 Å². The van der Waals surface area contributed by atoms with Crippen LogP contribution in [-0.4, -0.2) is 48.8 Å². The highest BCUT2D eigenvalue weighted by Gasteiger charge is 2.19. The second-order valence-corrected chi connectivity index (χ2v) is 2.75. The van der Waals surface area contributed by atoms with E-state index in [2.05, 4.69) is 6.58 Å². The SMILES string of the molecule is C=CC(=O)N1CCN(OCN)CC1. The molecule has 13 heavy (non-hydrogen) atoms. The van der Waals surface area contributed by atoms with Crippen LogP contribution in [0.25, 0.3) is 0 Å². The summed E-state index contributed by atoms with van der Waals surface area (Å²) in [6.07, 6.45) is 1.33. The number of nitrogens with zero attached hydrogens (tertiary/aromatic N) is 2. The van der Waals surface area contributed by atoms with Crippen molar-refractivity contribution < 1.29 is 9.63 Å². The highest BCUT2D eigenvalue weighted by molar-refractivity contribution is 5.87. The Balaban J connectivity index is 2.30. The van der Waals surface area contributed by atoms with Crippen LogP contribution in [0.15, 0.2) is 12.7 Å². The predicted molar refractivity (Wildman–Crippen MR) is 48.5 cm³/mol. The molecule has 0 atom stereocenters. The molecule has 0 bridgehead atoms. The lowest BCUT2D eigenvalue weighted by molar-refractivity contribution is -0.177. The van der Waals surface area contributed by atoms with Crippen LogP contribution in [0.3, 0.4) is 0 Å². The monoisotopic (exact) mass is 185 g/mol. The van der Waals surface area contributed by atoms with Crippen molar-refractivity contribution in [2.45, 2.75) is 0 Å². The fraction of sp³-hybridized carbons (Fsp3) is 0.625. The molecule has 0 radical (unpaired) electrons. The van der Waals surface area contributed by atoms with Crippen LogP contribution in [0.5, 0.6) is 0 Å². The number of nitrogens with two attached hydrogens (primary N) is 1. The molecular formula is C8H15N3O2. The lowest BCUT2D eigenvalue weighted by atomic mass is 10.3. The van der Waals surface area contributed by atoms with Gasteiger partial charge >= 0.3 is 0 Å². The molecule has 1 saturated heterocycles. The fourth-order valence-electron chi connectivity index (χ4n) is 1.27. The zero-order chi connectivity index (χ0) is 9.68. The maximum Gasteiger partial charge on any atom is 0.246 e. The molecule has 74 valence electrons. The second-order valence-electron chi connectivity index (χ2n) is 2.75. The van der Waals surface area contributed by atoms with Crippen LogP contribution in [0.4, 0.5) is 0 Å². The van der Waals surface area contributed by atoms with E-state index in [4.69, 9.17) is 10.6 Å². The molecule has 1 heterocycles. The molecule has 2 N–H and O–H groups in total. The Morgan fingerprint density at radius 1 is 1.46 bits per heavy atom. The van der Waals surface area contributed by atoms with Gasteiger partial charge in [0.25, 0.3) is 0 Å². The first kappa shape index (κ1) is 10.2. The normalized spacial score (nSPS) is 18.7. The van der Waals surface area contributed by atoms with Gasteiger partial charge in [-0.2, -0.15) is 5.06 Å². The number of hydrogen-bond acceptors (Lipinski definition) is 4. The molecule has 0 aromatic carbocycles. The summed E-state index contributed by atoms with van der Waals surface area (Å²) in [5.41, 5.74) is 5.22. The predicted octanol–water partition coefficient (Wildman–Crippen LogP) is -0.836. The van der Waals surface area contributed by atoms with E-state index >= 15 is 0 Å². The van der Waals surface area contributed by atoms with Gasteiger partial charge in [-0.25, -0.2) is 0 Å². The Bertz CT molecular complexity index is 188. The number of rotatable bonds is 3. The van der Waals surface area contributed by atoms with Gasteiger partial charge in [0.1, 0.15) is 6.73 Å². The summed E-state index contributed by atoms with van der Waals surface area (Å²) in [6.45, 7) is 6.38. The molecular weight excluding hydrogens is 170 g/mol. The van der Waals surface area contributed by atoms with Crippen molar-refractivity contribution in [2.24, 2.45) is 5.73 Å². The van der Waals surface area contributed by atoms with E-state index in [-0.39, 0.29) is 12.6 Å². The van der Waals surface area contributed by atoms with E-state index in [1.54, 1.807) is 9.96 Å². The summed E-state index contributed by atoms with van der Waals surface area (Å²) in [5.74, 6) is -0.0209. The first-order chi connectivity index (χ1) is 6.27. The Labute approximate surface area is 77.7 Å². The Kier molecular flexibility index (Phi) is 3.88. The molecule has 0 saturated carbocycles. The molecule has 5 nitrogen and oxygen atoms in total. The van der Waals surface area contributed by atoms with E-state index < -0.39 is 0 Å². The molecule has 1 aliphatic heterocycles. The Morgan fingerprint density at radius 3 is 2.54 bits per heavy atom. The average molecular weight is 185 g/mol. The summed E-state index contributed by atoms with van der Waals surface area (Å²) in [4.78, 5) is 18.0. The second kappa shape index (κ2) is 4.96. The lowest BCUT2D eigenvalue weighted by Crippen LogP contribution is -2.48. The van der Waals surface area contributed by atoms with Gasteiger partial charge in [0.05, 0.1) is 0 Å². The lowest BCUT2D eigenvalue weighted by Gasteiger charge is -2.32. The first-order valence-corrected chi connectivity index (χ1v) is 4.27. The van der Waals surface area contributed by atoms with Gasteiger partial charge < -0.3 is 10.6 Å². The Hall–Kier alpha value is -0.910. The minimum Gasteiger partial charge on any atom is -0.336 e. The minimum absolute atomic E-state index is 0.0209. The number of hydrogen-bond donors (Lipinski definition) is 1. The molecule has 0 aromatic rings. The topological polar surface area (TPSA) is 58.8 Å². The number of hydroxylamine groups is 2. The summed E-state index contributed by atoms with van der Waals surface area (Å²) in [7, 11) is 0. The average Bonchev–Trinajstić information content (AvgIpc) is 2.18. The van der Waals surface area contributed by atoms with Crippen LogP contribution < -0.4 is 5.73 Å². The zero-order valence-corrected chi connectivity index (χ0v) is 7.61. The quantitative estimate of drug-likeness (QED) is 0.460. The van der Waals surface area contributed by atoms with Crippen molar-refractivity contribution in [2.75, 3.05) is 32.9 Å². The summed E-state index contributed by atoms with van der Waals surface area (Å²) in [6, 6.07) is 0. The smallest absolute Gasteiger partial charge is 0.246 e. The van der Waals surface area contributed by atoms with Crippen LogP contribution in [0.2, 0.25) is 0 Å². The standard InChI is InChI=1S/C8H15N3O2/c1-2-8(12)10-3-5-11(6-4-10)13-7-9/h2H,1,3-7,9H2. The van der Waals surface area contributed by atoms with E-state index in [1.807, 2.05) is 0 Å². The van der Waals surface area contributed by atoms with Gasteiger partial charge in [-0.05, 0) is 6.08 Å². The van der Waals surface area contributed by atoms with E-state index in [1.165, 1.54) is 6.08 Å². The molecule has 1 rings (SSSR count). The van der Waals surface area contributed by atoms with E-state index in [9.17, 15) is 4.79 Å². The van der Waals surface area contributed by atoms with Gasteiger partial charge in [-0.3, -0.25) is 9.63 Å². The van der Waals surface area contributed by atoms with Crippen LogP contribution in [0.1, 0.15) is 0 Å². The zero-order valence-electron chi connectivity index (χ0n) is 7.61. The third-order valence-corrected chi connectivity index (χ3v) is 1.98. The van der Waals surface area contributed by atoms with E-state index in [0.717, 1.165) is 0 Å². The van der Waals surface area contributed by atoms with Gasteiger partial charge in [-0.15, -0.1) is 0 Å². The number of carbonyl (C=O) groups is 1. The molecule has 1 amide bonds. The molecule has 5 heteroatoms. The van der Waals surface area contributed by atoms with Crippen LogP contribution in [-0.2, 0) is 9.63 Å². The molecule has 0 aliphatic carbocycles.